The standard InChI is InChI=1S/C31H27FN8O2/c32-21-10-19(12-23(41)14-21)28-30-26(5-8-35-28)37-31(38-30)29-24-13-18(1-2-25(24)39-40-29)20-11-22(16-34-15-20)36-27(42)9-17-3-6-33-7-4-17/h1-2,5,8,10-17,33,41H,3-4,6-7,9H2,(H,36,42)(H,37,38)(H,39,40). The lowest BCUT2D eigenvalue weighted by Crippen LogP contribution is -2.30. The molecule has 1 amide bonds. The number of phenols is 1. The Morgan fingerprint density at radius 1 is 0.976 bits per heavy atom. The first-order valence-electron chi connectivity index (χ1n) is 13.8. The summed E-state index contributed by atoms with van der Waals surface area (Å²) < 4.78 is 14.0. The van der Waals surface area contributed by atoms with E-state index in [9.17, 15) is 14.3 Å². The summed E-state index contributed by atoms with van der Waals surface area (Å²) in [7, 11) is 0. The van der Waals surface area contributed by atoms with E-state index in [0.717, 1.165) is 54.0 Å². The van der Waals surface area contributed by atoms with Gasteiger partial charge in [0.15, 0.2) is 5.82 Å². The molecule has 0 aliphatic carbocycles. The van der Waals surface area contributed by atoms with Crippen molar-refractivity contribution in [2.24, 2.45) is 5.92 Å². The van der Waals surface area contributed by atoms with Gasteiger partial charge in [0.2, 0.25) is 5.91 Å². The fourth-order valence-electron chi connectivity index (χ4n) is 5.57. The average molecular weight is 563 g/mol. The molecule has 0 spiro atoms. The second-order valence-corrected chi connectivity index (χ2v) is 10.6. The minimum absolute atomic E-state index is 0.000575. The summed E-state index contributed by atoms with van der Waals surface area (Å²) >= 11 is 0. The number of nitrogens with zero attached hydrogens (tertiary/aromatic N) is 4. The van der Waals surface area contributed by atoms with Crippen molar-refractivity contribution in [3.8, 4) is 39.7 Å². The number of aromatic amines is 2. The zero-order valence-electron chi connectivity index (χ0n) is 22.5. The van der Waals surface area contributed by atoms with Gasteiger partial charge in [0.05, 0.1) is 28.6 Å². The highest BCUT2D eigenvalue weighted by Crippen LogP contribution is 2.33. The summed E-state index contributed by atoms with van der Waals surface area (Å²) in [4.78, 5) is 29.5. The molecule has 0 saturated carbocycles. The van der Waals surface area contributed by atoms with Gasteiger partial charge in [-0.05, 0) is 73.8 Å². The molecule has 2 aromatic carbocycles. The Labute approximate surface area is 239 Å². The molecule has 5 N–H and O–H groups in total. The number of piperidine rings is 1. The Morgan fingerprint density at radius 3 is 2.71 bits per heavy atom. The molecular formula is C31H27FN8O2. The Balaban J connectivity index is 1.20. The van der Waals surface area contributed by atoms with Crippen LogP contribution in [0.5, 0.6) is 5.75 Å². The number of phenolic OH excluding ortho intramolecular Hbond substituents is 1. The van der Waals surface area contributed by atoms with Crippen LogP contribution in [0.2, 0.25) is 0 Å². The first-order valence-corrected chi connectivity index (χ1v) is 13.8. The molecule has 0 bridgehead atoms. The third-order valence-electron chi connectivity index (χ3n) is 7.63. The molecule has 0 unspecified atom stereocenters. The van der Waals surface area contributed by atoms with E-state index in [1.54, 1.807) is 24.7 Å². The number of aromatic hydroxyl groups is 1. The van der Waals surface area contributed by atoms with Gasteiger partial charge in [0.1, 0.15) is 22.8 Å². The molecular weight excluding hydrogens is 535 g/mol. The average Bonchev–Trinajstić information content (AvgIpc) is 3.61. The number of H-pyrrole nitrogens is 2. The van der Waals surface area contributed by atoms with Crippen LogP contribution >= 0.6 is 0 Å². The predicted octanol–water partition coefficient (Wildman–Crippen LogP) is 5.40. The van der Waals surface area contributed by atoms with Crippen LogP contribution in [0, 0.1) is 11.7 Å². The number of imidazole rings is 1. The molecule has 6 aromatic rings. The van der Waals surface area contributed by atoms with Gasteiger partial charge in [-0.2, -0.15) is 5.10 Å². The van der Waals surface area contributed by atoms with Gasteiger partial charge in [-0.15, -0.1) is 0 Å². The molecule has 1 fully saturated rings. The molecule has 4 aromatic heterocycles. The number of pyridine rings is 2. The summed E-state index contributed by atoms with van der Waals surface area (Å²) in [6.07, 6.45) is 7.55. The fourth-order valence-corrected chi connectivity index (χ4v) is 5.57. The van der Waals surface area contributed by atoms with Gasteiger partial charge in [-0.1, -0.05) is 6.07 Å². The number of nitrogens with one attached hydrogen (secondary N) is 4. The van der Waals surface area contributed by atoms with E-state index < -0.39 is 5.82 Å². The normalized spacial score (nSPS) is 14.0. The first-order chi connectivity index (χ1) is 20.5. The van der Waals surface area contributed by atoms with Crippen LogP contribution in [0.1, 0.15) is 19.3 Å². The molecule has 10 nitrogen and oxygen atoms in total. The van der Waals surface area contributed by atoms with Crippen LogP contribution in [0.3, 0.4) is 0 Å². The maximum Gasteiger partial charge on any atom is 0.224 e. The number of fused-ring (bicyclic) bond motifs is 2. The minimum Gasteiger partial charge on any atom is -0.508 e. The highest BCUT2D eigenvalue weighted by molar-refractivity contribution is 5.98. The zero-order valence-corrected chi connectivity index (χ0v) is 22.5. The van der Waals surface area contributed by atoms with E-state index >= 15 is 0 Å². The number of halogens is 1. The molecule has 5 heterocycles. The van der Waals surface area contributed by atoms with Crippen molar-refractivity contribution in [3.05, 3.63) is 72.9 Å². The number of hydrogen-bond acceptors (Lipinski definition) is 7. The molecule has 1 saturated heterocycles. The van der Waals surface area contributed by atoms with Gasteiger partial charge < -0.3 is 20.7 Å². The number of carbonyl (C=O) groups is 1. The quantitative estimate of drug-likeness (QED) is 0.183. The van der Waals surface area contributed by atoms with Gasteiger partial charge in [-0.3, -0.25) is 19.9 Å². The maximum absolute atomic E-state index is 14.0. The summed E-state index contributed by atoms with van der Waals surface area (Å²) in [6.45, 7) is 1.91. The van der Waals surface area contributed by atoms with E-state index in [-0.39, 0.29) is 11.7 Å². The number of hydrogen-bond donors (Lipinski definition) is 5. The van der Waals surface area contributed by atoms with Crippen molar-refractivity contribution in [3.63, 3.8) is 0 Å². The third-order valence-corrected chi connectivity index (χ3v) is 7.63. The van der Waals surface area contributed by atoms with Gasteiger partial charge >= 0.3 is 0 Å². The molecule has 7 rings (SSSR count). The predicted molar refractivity (Wildman–Crippen MR) is 158 cm³/mol. The Kier molecular flexibility index (Phi) is 6.55. The van der Waals surface area contributed by atoms with Crippen molar-refractivity contribution in [1.29, 1.82) is 0 Å². The number of amides is 1. The highest BCUT2D eigenvalue weighted by Gasteiger charge is 2.19. The Hall–Kier alpha value is -5.16. The van der Waals surface area contributed by atoms with Crippen molar-refractivity contribution >= 4 is 33.5 Å². The van der Waals surface area contributed by atoms with Crippen LogP contribution in [0.15, 0.2) is 67.1 Å². The zero-order chi connectivity index (χ0) is 28.6. The van der Waals surface area contributed by atoms with Crippen LogP contribution in [-0.4, -0.2) is 54.2 Å². The number of carbonyl (C=O) groups excluding carboxylic acids is 1. The minimum atomic E-state index is -0.565. The molecule has 1 aliphatic heterocycles. The van der Waals surface area contributed by atoms with Crippen LogP contribution < -0.4 is 10.6 Å². The fraction of sp³-hybridized carbons (Fsp3) is 0.194. The van der Waals surface area contributed by atoms with E-state index in [1.807, 2.05) is 24.3 Å². The second kappa shape index (κ2) is 10.7. The van der Waals surface area contributed by atoms with Gasteiger partial charge in [0, 0.05) is 41.4 Å². The summed E-state index contributed by atoms with van der Waals surface area (Å²) in [5.74, 6) is 0.159. The molecule has 42 heavy (non-hydrogen) atoms. The van der Waals surface area contributed by atoms with E-state index in [0.29, 0.717) is 51.8 Å². The Bertz CT molecular complexity index is 1920. The van der Waals surface area contributed by atoms with Crippen LogP contribution in [0.4, 0.5) is 10.1 Å². The molecule has 11 heteroatoms. The largest absolute Gasteiger partial charge is 0.508 e. The summed E-state index contributed by atoms with van der Waals surface area (Å²) in [5.41, 5.74) is 5.92. The van der Waals surface area contributed by atoms with Gasteiger partial charge in [-0.25, -0.2) is 9.37 Å². The summed E-state index contributed by atoms with van der Waals surface area (Å²) in [6, 6.07) is 13.4. The van der Waals surface area contributed by atoms with Crippen molar-refractivity contribution in [1.82, 2.24) is 35.5 Å². The second-order valence-electron chi connectivity index (χ2n) is 10.6. The SMILES string of the molecule is O=C(CC1CCNCC1)Nc1cncc(-c2ccc3[nH]nc(-c4nc5c(-c6cc(O)cc(F)c6)nccc5[nH]4)c3c2)c1. The van der Waals surface area contributed by atoms with E-state index in [4.69, 9.17) is 4.98 Å². The molecule has 0 atom stereocenters. The smallest absolute Gasteiger partial charge is 0.224 e. The summed E-state index contributed by atoms with van der Waals surface area (Å²) in [5, 5.41) is 24.7. The monoisotopic (exact) mass is 562 g/mol. The lowest BCUT2D eigenvalue weighted by Gasteiger charge is -2.21. The van der Waals surface area contributed by atoms with E-state index in [1.165, 1.54) is 12.1 Å². The topological polar surface area (TPSA) is 144 Å². The number of aromatic nitrogens is 6. The van der Waals surface area contributed by atoms with Crippen molar-refractivity contribution in [2.75, 3.05) is 18.4 Å². The van der Waals surface area contributed by atoms with Crippen molar-refractivity contribution < 1.29 is 14.3 Å². The molecule has 0 radical (unpaired) electrons. The Morgan fingerprint density at radius 2 is 1.86 bits per heavy atom. The van der Waals surface area contributed by atoms with Crippen LogP contribution in [0.25, 0.3) is 55.8 Å². The number of benzene rings is 2. The first kappa shape index (κ1) is 25.8. The number of anilines is 1. The molecule has 1 aliphatic rings. The third kappa shape index (κ3) is 5.06. The lowest BCUT2D eigenvalue weighted by atomic mass is 9.94. The lowest BCUT2D eigenvalue weighted by molar-refractivity contribution is -0.117. The highest BCUT2D eigenvalue weighted by atomic mass is 19.1. The molecule has 210 valence electrons. The van der Waals surface area contributed by atoms with E-state index in [2.05, 4.69) is 35.8 Å². The van der Waals surface area contributed by atoms with Crippen molar-refractivity contribution in [2.45, 2.75) is 19.3 Å². The maximum atomic E-state index is 14.0. The van der Waals surface area contributed by atoms with Crippen LogP contribution in [-0.2, 0) is 4.79 Å². The number of rotatable bonds is 6. The van der Waals surface area contributed by atoms with Gasteiger partial charge in [0.25, 0.3) is 0 Å².